The summed E-state index contributed by atoms with van der Waals surface area (Å²) in [6, 6.07) is 8.64. The number of sulfonamides is 1. The molecule has 0 saturated heterocycles. The molecule has 0 amide bonds. The third-order valence-corrected chi connectivity index (χ3v) is 4.45. The Bertz CT molecular complexity index is 634. The van der Waals surface area contributed by atoms with Gasteiger partial charge in [-0.05, 0) is 36.7 Å². The van der Waals surface area contributed by atoms with Crippen LogP contribution in [0.4, 0.5) is 0 Å². The van der Waals surface area contributed by atoms with Crippen molar-refractivity contribution in [3.05, 3.63) is 54.0 Å². The molecule has 0 saturated carbocycles. The Labute approximate surface area is 125 Å². The van der Waals surface area contributed by atoms with E-state index in [1.807, 2.05) is 12.1 Å². The average Bonchev–Trinajstić information content (AvgIpc) is 3.00. The van der Waals surface area contributed by atoms with Crippen molar-refractivity contribution in [2.24, 2.45) is 0 Å². The zero-order valence-electron chi connectivity index (χ0n) is 12.0. The predicted octanol–water partition coefficient (Wildman–Crippen LogP) is 2.26. The minimum Gasteiger partial charge on any atom is -0.472 e. The van der Waals surface area contributed by atoms with Crippen molar-refractivity contribution in [1.29, 1.82) is 0 Å². The minimum absolute atomic E-state index is 0.221. The van der Waals surface area contributed by atoms with E-state index in [1.54, 1.807) is 18.2 Å². The summed E-state index contributed by atoms with van der Waals surface area (Å²) in [7, 11) is -3.49. The molecule has 1 aromatic carbocycles. The summed E-state index contributed by atoms with van der Waals surface area (Å²) in [6.07, 6.45) is 4.11. The molecular formula is C15H20N2O3S. The highest BCUT2D eigenvalue weighted by Gasteiger charge is 2.13. The zero-order valence-corrected chi connectivity index (χ0v) is 12.8. The highest BCUT2D eigenvalue weighted by Crippen LogP contribution is 2.11. The summed E-state index contributed by atoms with van der Waals surface area (Å²) in [5, 5.41) is 3.28. The maximum atomic E-state index is 12.1. The summed E-state index contributed by atoms with van der Waals surface area (Å²) in [5.41, 5.74) is 1.86. The molecule has 0 aliphatic heterocycles. The molecule has 0 bridgehead atoms. The van der Waals surface area contributed by atoms with Crippen LogP contribution in [0.5, 0.6) is 0 Å². The molecule has 21 heavy (non-hydrogen) atoms. The second-order valence-electron chi connectivity index (χ2n) is 4.78. The largest absolute Gasteiger partial charge is 0.472 e. The number of hydrogen-bond donors (Lipinski definition) is 2. The summed E-state index contributed by atoms with van der Waals surface area (Å²) >= 11 is 0. The molecule has 6 heteroatoms. The van der Waals surface area contributed by atoms with Crippen molar-refractivity contribution in [3.8, 4) is 0 Å². The minimum atomic E-state index is -3.49. The van der Waals surface area contributed by atoms with Gasteiger partial charge in [0.15, 0.2) is 0 Å². The fourth-order valence-electron chi connectivity index (χ4n) is 1.85. The number of rotatable bonds is 8. The molecule has 0 spiro atoms. The second-order valence-corrected chi connectivity index (χ2v) is 6.54. The number of benzene rings is 1. The zero-order chi connectivity index (χ0) is 15.1. The second kappa shape index (κ2) is 7.40. The lowest BCUT2D eigenvalue weighted by Crippen LogP contribution is -2.23. The molecule has 0 aliphatic rings. The van der Waals surface area contributed by atoms with Gasteiger partial charge >= 0.3 is 0 Å². The van der Waals surface area contributed by atoms with E-state index in [4.69, 9.17) is 4.42 Å². The van der Waals surface area contributed by atoms with Gasteiger partial charge in [0.05, 0.1) is 17.4 Å². The Morgan fingerprint density at radius 3 is 2.43 bits per heavy atom. The molecule has 0 radical (unpaired) electrons. The monoisotopic (exact) mass is 308 g/mol. The van der Waals surface area contributed by atoms with E-state index < -0.39 is 10.0 Å². The van der Waals surface area contributed by atoms with Crippen molar-refractivity contribution >= 4 is 10.0 Å². The Kier molecular flexibility index (Phi) is 5.55. The van der Waals surface area contributed by atoms with Crippen LogP contribution in [0.15, 0.2) is 52.2 Å². The first kappa shape index (κ1) is 15.8. The van der Waals surface area contributed by atoms with Crippen molar-refractivity contribution in [3.63, 3.8) is 0 Å². The van der Waals surface area contributed by atoms with Crippen molar-refractivity contribution in [2.45, 2.75) is 31.3 Å². The van der Waals surface area contributed by atoms with Crippen LogP contribution in [-0.4, -0.2) is 15.0 Å². The van der Waals surface area contributed by atoms with Crippen LogP contribution in [0.1, 0.15) is 24.5 Å². The van der Waals surface area contributed by atoms with Crippen molar-refractivity contribution in [1.82, 2.24) is 10.0 Å². The average molecular weight is 308 g/mol. The topological polar surface area (TPSA) is 71.3 Å². The van der Waals surface area contributed by atoms with Crippen LogP contribution in [-0.2, 0) is 23.1 Å². The third-order valence-electron chi connectivity index (χ3n) is 3.04. The Morgan fingerprint density at radius 1 is 1.05 bits per heavy atom. The molecule has 5 nitrogen and oxygen atoms in total. The molecule has 1 heterocycles. The quantitative estimate of drug-likeness (QED) is 0.734. The highest BCUT2D eigenvalue weighted by molar-refractivity contribution is 7.89. The molecular weight excluding hydrogens is 288 g/mol. The third kappa shape index (κ3) is 4.70. The number of furan rings is 1. The van der Waals surface area contributed by atoms with Crippen LogP contribution >= 0.6 is 0 Å². The maximum absolute atomic E-state index is 12.1. The Balaban J connectivity index is 1.96. The van der Waals surface area contributed by atoms with Gasteiger partial charge in [-0.2, -0.15) is 0 Å². The standard InChI is InChI=1S/C15H20N2O3S/c1-2-8-16-10-13-3-5-15(6-4-13)21(18,19)17-11-14-7-9-20-12-14/h3-7,9,12,16-17H,2,8,10-11H2,1H3. The van der Waals surface area contributed by atoms with Gasteiger partial charge in [0.2, 0.25) is 10.0 Å². The van der Waals surface area contributed by atoms with Crippen LogP contribution < -0.4 is 10.0 Å². The Morgan fingerprint density at radius 2 is 1.81 bits per heavy atom. The summed E-state index contributed by atoms with van der Waals surface area (Å²) in [4.78, 5) is 0.269. The molecule has 0 unspecified atom stereocenters. The van der Waals surface area contributed by atoms with Gasteiger partial charge < -0.3 is 9.73 Å². The van der Waals surface area contributed by atoms with Crippen LogP contribution in [0.3, 0.4) is 0 Å². The first-order valence-corrected chi connectivity index (χ1v) is 8.40. The summed E-state index contributed by atoms with van der Waals surface area (Å²) in [5.74, 6) is 0. The van der Waals surface area contributed by atoms with Crippen LogP contribution in [0.25, 0.3) is 0 Å². The first-order chi connectivity index (χ1) is 10.1. The summed E-state index contributed by atoms with van der Waals surface area (Å²) in [6.45, 7) is 4.02. The van der Waals surface area contributed by atoms with E-state index >= 15 is 0 Å². The highest BCUT2D eigenvalue weighted by atomic mass is 32.2. The molecule has 2 rings (SSSR count). The van der Waals surface area contributed by atoms with Gasteiger partial charge in [0, 0.05) is 18.7 Å². The van der Waals surface area contributed by atoms with E-state index in [1.165, 1.54) is 12.5 Å². The predicted molar refractivity (Wildman–Crippen MR) is 81.2 cm³/mol. The van der Waals surface area contributed by atoms with Gasteiger partial charge in [0.25, 0.3) is 0 Å². The lowest BCUT2D eigenvalue weighted by atomic mass is 10.2. The van der Waals surface area contributed by atoms with Crippen molar-refractivity contribution in [2.75, 3.05) is 6.54 Å². The maximum Gasteiger partial charge on any atom is 0.240 e. The van der Waals surface area contributed by atoms with E-state index in [0.29, 0.717) is 0 Å². The van der Waals surface area contributed by atoms with E-state index in [9.17, 15) is 8.42 Å². The van der Waals surface area contributed by atoms with Gasteiger partial charge in [-0.3, -0.25) is 0 Å². The molecule has 0 aliphatic carbocycles. The lowest BCUT2D eigenvalue weighted by Gasteiger charge is -2.07. The van der Waals surface area contributed by atoms with Gasteiger partial charge in [-0.25, -0.2) is 13.1 Å². The Hall–Kier alpha value is -1.63. The smallest absolute Gasteiger partial charge is 0.240 e. The van der Waals surface area contributed by atoms with Crippen molar-refractivity contribution < 1.29 is 12.8 Å². The molecule has 2 aromatic rings. The van der Waals surface area contributed by atoms with Gasteiger partial charge in [-0.15, -0.1) is 0 Å². The number of hydrogen-bond acceptors (Lipinski definition) is 4. The lowest BCUT2D eigenvalue weighted by molar-refractivity contribution is 0.561. The first-order valence-electron chi connectivity index (χ1n) is 6.92. The van der Waals surface area contributed by atoms with E-state index in [0.717, 1.165) is 30.6 Å². The van der Waals surface area contributed by atoms with E-state index in [2.05, 4.69) is 17.0 Å². The molecule has 1 aromatic heterocycles. The van der Waals surface area contributed by atoms with Gasteiger partial charge in [0.1, 0.15) is 0 Å². The molecule has 2 N–H and O–H groups in total. The van der Waals surface area contributed by atoms with E-state index in [-0.39, 0.29) is 11.4 Å². The SMILES string of the molecule is CCCNCc1ccc(S(=O)(=O)NCc2ccoc2)cc1. The fraction of sp³-hybridized carbons (Fsp3) is 0.333. The fourth-order valence-corrected chi connectivity index (χ4v) is 2.87. The molecule has 0 fully saturated rings. The van der Waals surface area contributed by atoms with Crippen LogP contribution in [0.2, 0.25) is 0 Å². The summed E-state index contributed by atoms with van der Waals surface area (Å²) < 4.78 is 31.7. The number of nitrogens with one attached hydrogen (secondary N) is 2. The molecule has 0 atom stereocenters. The normalized spacial score (nSPS) is 11.7. The van der Waals surface area contributed by atoms with Gasteiger partial charge in [-0.1, -0.05) is 19.1 Å². The molecule has 114 valence electrons. The van der Waals surface area contributed by atoms with Crippen LogP contribution in [0, 0.1) is 0 Å².